The van der Waals surface area contributed by atoms with Crippen molar-refractivity contribution in [1.82, 2.24) is 0 Å². The summed E-state index contributed by atoms with van der Waals surface area (Å²) in [5.74, 6) is -8.94. The summed E-state index contributed by atoms with van der Waals surface area (Å²) < 4.78 is 86.0. The minimum absolute atomic E-state index is 0.244. The number of hydrogen-bond donors (Lipinski definition) is 1. The topological polar surface area (TPSA) is 20.2 Å². The van der Waals surface area contributed by atoms with Crippen LogP contribution in [0.4, 0.5) is 30.7 Å². The summed E-state index contributed by atoms with van der Waals surface area (Å²) in [6.45, 7) is 0. The van der Waals surface area contributed by atoms with Gasteiger partial charge in [-0.1, -0.05) is 0 Å². The molecule has 0 aliphatic rings. The number of rotatable bonds is 1. The van der Waals surface area contributed by atoms with E-state index in [9.17, 15) is 30.7 Å². The summed E-state index contributed by atoms with van der Waals surface area (Å²) in [4.78, 5) is 0. The van der Waals surface area contributed by atoms with Gasteiger partial charge in [0.05, 0.1) is 0 Å². The van der Waals surface area contributed by atoms with E-state index in [1.807, 2.05) is 0 Å². The quantitative estimate of drug-likeness (QED) is 0.460. The molecule has 0 unspecified atom stereocenters. The minimum atomic E-state index is -5.31. The van der Waals surface area contributed by atoms with Crippen molar-refractivity contribution in [3.8, 4) is 0 Å². The van der Waals surface area contributed by atoms with Crippen LogP contribution in [0.15, 0.2) is 6.07 Å². The summed E-state index contributed by atoms with van der Waals surface area (Å²) in [6, 6.07) is -0.244. The SMILES string of the molecule is O[C@H](c1cc(F)c(F)c(F)c1F)C(F)(F)F. The second-order valence-corrected chi connectivity index (χ2v) is 2.83. The predicted octanol–water partition coefficient (Wildman–Crippen LogP) is 2.84. The second-order valence-electron chi connectivity index (χ2n) is 2.83. The van der Waals surface area contributed by atoms with Crippen molar-refractivity contribution in [2.45, 2.75) is 12.3 Å². The highest BCUT2D eigenvalue weighted by molar-refractivity contribution is 5.24. The van der Waals surface area contributed by atoms with Crippen LogP contribution < -0.4 is 0 Å². The van der Waals surface area contributed by atoms with Crippen LogP contribution in [-0.4, -0.2) is 11.3 Å². The van der Waals surface area contributed by atoms with Crippen LogP contribution in [0, 0.1) is 23.3 Å². The van der Waals surface area contributed by atoms with Gasteiger partial charge in [0, 0.05) is 5.56 Å². The van der Waals surface area contributed by atoms with Gasteiger partial charge < -0.3 is 5.11 Å². The molecule has 1 N–H and O–H groups in total. The van der Waals surface area contributed by atoms with Crippen molar-refractivity contribution in [1.29, 1.82) is 0 Å². The number of benzene rings is 1. The number of aliphatic hydroxyl groups excluding tert-OH is 1. The zero-order valence-electron chi connectivity index (χ0n) is 7.25. The van der Waals surface area contributed by atoms with E-state index in [4.69, 9.17) is 5.11 Å². The van der Waals surface area contributed by atoms with E-state index in [1.165, 1.54) is 0 Å². The van der Waals surface area contributed by atoms with E-state index in [0.717, 1.165) is 0 Å². The highest BCUT2D eigenvalue weighted by Gasteiger charge is 2.42. The summed E-state index contributed by atoms with van der Waals surface area (Å²) in [7, 11) is 0. The molecule has 0 amide bonds. The maximum Gasteiger partial charge on any atom is 0.418 e. The molecule has 1 rings (SSSR count). The molecule has 1 aromatic carbocycles. The van der Waals surface area contributed by atoms with Crippen LogP contribution >= 0.6 is 0 Å². The summed E-state index contributed by atoms with van der Waals surface area (Å²) in [5, 5.41) is 8.56. The molecule has 0 fully saturated rings. The van der Waals surface area contributed by atoms with E-state index >= 15 is 0 Å². The van der Waals surface area contributed by atoms with Crippen molar-refractivity contribution in [3.63, 3.8) is 0 Å². The first kappa shape index (κ1) is 12.8. The van der Waals surface area contributed by atoms with Gasteiger partial charge in [-0.15, -0.1) is 0 Å². The van der Waals surface area contributed by atoms with Gasteiger partial charge in [-0.2, -0.15) is 13.2 Å². The first-order chi connectivity index (χ1) is 7.16. The third-order valence-electron chi connectivity index (χ3n) is 1.74. The molecular formula is C8H3F7O. The average molecular weight is 248 g/mol. The molecule has 0 radical (unpaired) electrons. The zero-order valence-corrected chi connectivity index (χ0v) is 7.25. The monoisotopic (exact) mass is 248 g/mol. The zero-order chi connectivity index (χ0) is 12.7. The Balaban J connectivity index is 3.36. The molecule has 0 spiro atoms. The van der Waals surface area contributed by atoms with Crippen LogP contribution in [0.2, 0.25) is 0 Å². The van der Waals surface area contributed by atoms with Crippen LogP contribution in [0.3, 0.4) is 0 Å². The molecule has 0 saturated heterocycles. The Morgan fingerprint density at radius 2 is 1.44 bits per heavy atom. The third kappa shape index (κ3) is 2.11. The van der Waals surface area contributed by atoms with Crippen LogP contribution in [0.1, 0.15) is 11.7 Å². The number of halogens is 7. The van der Waals surface area contributed by atoms with E-state index in [0.29, 0.717) is 0 Å². The second kappa shape index (κ2) is 3.93. The highest BCUT2D eigenvalue weighted by atomic mass is 19.4. The summed E-state index contributed by atoms with van der Waals surface area (Å²) >= 11 is 0. The van der Waals surface area contributed by atoms with Crippen molar-refractivity contribution in [2.75, 3.05) is 0 Å². The van der Waals surface area contributed by atoms with Gasteiger partial charge in [-0.25, -0.2) is 17.6 Å². The summed E-state index contributed by atoms with van der Waals surface area (Å²) in [5.41, 5.74) is -1.70. The van der Waals surface area contributed by atoms with Crippen molar-refractivity contribution in [2.24, 2.45) is 0 Å². The van der Waals surface area contributed by atoms with Gasteiger partial charge in [0.1, 0.15) is 0 Å². The number of alkyl halides is 3. The van der Waals surface area contributed by atoms with Gasteiger partial charge >= 0.3 is 6.18 Å². The molecule has 1 nitrogen and oxygen atoms in total. The van der Waals surface area contributed by atoms with Gasteiger partial charge in [-0.3, -0.25) is 0 Å². The van der Waals surface area contributed by atoms with E-state index in [-0.39, 0.29) is 6.07 Å². The van der Waals surface area contributed by atoms with Crippen molar-refractivity contribution >= 4 is 0 Å². The lowest BCUT2D eigenvalue weighted by Gasteiger charge is -2.15. The Labute approximate surface area is 84.1 Å². The molecule has 0 saturated carbocycles. The average Bonchev–Trinajstić information content (AvgIpc) is 2.18. The lowest BCUT2D eigenvalue weighted by atomic mass is 10.1. The van der Waals surface area contributed by atoms with Gasteiger partial charge in [-0.05, 0) is 6.07 Å². The number of hydrogen-bond acceptors (Lipinski definition) is 1. The molecule has 16 heavy (non-hydrogen) atoms. The van der Waals surface area contributed by atoms with Crippen LogP contribution in [0.25, 0.3) is 0 Å². The fraction of sp³-hybridized carbons (Fsp3) is 0.250. The molecular weight excluding hydrogens is 245 g/mol. The van der Waals surface area contributed by atoms with Gasteiger partial charge in [0.2, 0.25) is 0 Å². The Kier molecular flexibility index (Phi) is 3.13. The maximum absolute atomic E-state index is 12.8. The normalized spacial score (nSPS) is 14.0. The molecule has 0 heterocycles. The largest absolute Gasteiger partial charge is 0.418 e. The predicted molar refractivity (Wildman–Crippen MR) is 37.3 cm³/mol. The third-order valence-corrected chi connectivity index (χ3v) is 1.74. The van der Waals surface area contributed by atoms with E-state index < -0.39 is 41.1 Å². The molecule has 0 aliphatic carbocycles. The lowest BCUT2D eigenvalue weighted by molar-refractivity contribution is -0.207. The van der Waals surface area contributed by atoms with Gasteiger partial charge in [0.15, 0.2) is 29.4 Å². The maximum atomic E-state index is 12.8. The Morgan fingerprint density at radius 1 is 0.938 bits per heavy atom. The smallest absolute Gasteiger partial charge is 0.379 e. The first-order valence-electron chi connectivity index (χ1n) is 3.74. The Morgan fingerprint density at radius 3 is 1.88 bits per heavy atom. The van der Waals surface area contributed by atoms with Crippen molar-refractivity contribution < 1.29 is 35.8 Å². The fourth-order valence-electron chi connectivity index (χ4n) is 0.966. The van der Waals surface area contributed by atoms with Gasteiger partial charge in [0.25, 0.3) is 0 Å². The minimum Gasteiger partial charge on any atom is -0.379 e. The first-order valence-corrected chi connectivity index (χ1v) is 3.74. The molecule has 8 heteroatoms. The standard InChI is InChI=1S/C8H3F7O/c9-3-1-2(7(16)8(13,14)15)4(10)6(12)5(3)11/h1,7,16H/t7-/m1/s1. The molecule has 0 aromatic heterocycles. The summed E-state index contributed by atoms with van der Waals surface area (Å²) in [6.07, 6.45) is -8.73. The van der Waals surface area contributed by atoms with E-state index in [2.05, 4.69) is 0 Å². The van der Waals surface area contributed by atoms with E-state index in [1.54, 1.807) is 0 Å². The Bertz CT molecular complexity index is 412. The molecule has 90 valence electrons. The molecule has 0 aliphatic heterocycles. The van der Waals surface area contributed by atoms with Crippen LogP contribution in [-0.2, 0) is 0 Å². The Hall–Kier alpha value is -1.31. The van der Waals surface area contributed by atoms with Crippen LogP contribution in [0.5, 0.6) is 0 Å². The number of aliphatic hydroxyl groups is 1. The highest BCUT2D eigenvalue weighted by Crippen LogP contribution is 2.35. The fourth-order valence-corrected chi connectivity index (χ4v) is 0.966. The molecule has 1 aromatic rings. The van der Waals surface area contributed by atoms with Crippen molar-refractivity contribution in [3.05, 3.63) is 34.9 Å². The molecule has 0 bridgehead atoms. The lowest BCUT2D eigenvalue weighted by Crippen LogP contribution is -2.22. The molecule has 1 atom stereocenters.